The lowest BCUT2D eigenvalue weighted by Gasteiger charge is -2.29. The summed E-state index contributed by atoms with van der Waals surface area (Å²) in [6.07, 6.45) is 6.11. The van der Waals surface area contributed by atoms with Crippen LogP contribution in [0.2, 0.25) is 0 Å². The molecule has 0 bridgehead atoms. The first-order valence-corrected chi connectivity index (χ1v) is 13.3. The van der Waals surface area contributed by atoms with E-state index in [9.17, 15) is 14.9 Å². The van der Waals surface area contributed by atoms with Gasteiger partial charge in [0, 0.05) is 21.4 Å². The fraction of sp³-hybridized carbons (Fsp3) is 0.269. The van der Waals surface area contributed by atoms with Crippen molar-refractivity contribution in [3.8, 4) is 0 Å². The van der Waals surface area contributed by atoms with Gasteiger partial charge in [-0.1, -0.05) is 56.1 Å². The van der Waals surface area contributed by atoms with Gasteiger partial charge < -0.3 is 0 Å². The van der Waals surface area contributed by atoms with Crippen molar-refractivity contribution in [2.75, 3.05) is 0 Å². The lowest BCUT2D eigenvalue weighted by molar-refractivity contribution is -0.385. The normalized spacial score (nSPS) is 20.4. The van der Waals surface area contributed by atoms with Crippen LogP contribution in [0.5, 0.6) is 0 Å². The highest BCUT2D eigenvalue weighted by Gasteiger charge is 2.45. The van der Waals surface area contributed by atoms with Crippen LogP contribution in [0.15, 0.2) is 74.3 Å². The topological polar surface area (TPSA) is 93.6 Å². The van der Waals surface area contributed by atoms with Gasteiger partial charge in [0.25, 0.3) is 0 Å². The number of carbonyl (C=O) groups is 1. The van der Waals surface area contributed by atoms with Crippen molar-refractivity contribution in [3.05, 3.63) is 96.2 Å². The summed E-state index contributed by atoms with van der Waals surface area (Å²) < 4.78 is 3.35. The van der Waals surface area contributed by atoms with Gasteiger partial charge in [0.15, 0.2) is 0 Å². The lowest BCUT2D eigenvalue weighted by atomic mass is 9.77. The number of nitro groups is 1. The first-order valence-electron chi connectivity index (χ1n) is 11.7. The molecule has 8 nitrogen and oxygen atoms in total. The number of fused-ring (bicyclic) bond motifs is 1. The number of hydrogen-bond donors (Lipinski definition) is 0. The molecule has 0 N–H and O–H groups in total. The molecule has 184 valence electrons. The molecule has 2 atom stereocenters. The molecule has 2 aromatic carbocycles. The summed E-state index contributed by atoms with van der Waals surface area (Å²) in [6, 6.07) is 15.5. The molecular formula is C26H23Br2N5O3. The molecule has 1 amide bonds. The molecule has 10 heteroatoms. The zero-order valence-electron chi connectivity index (χ0n) is 19.5. The van der Waals surface area contributed by atoms with Crippen LogP contribution in [0.25, 0.3) is 6.08 Å². The van der Waals surface area contributed by atoms with Gasteiger partial charge in [0.2, 0.25) is 5.69 Å². The van der Waals surface area contributed by atoms with Gasteiger partial charge in [0.05, 0.1) is 16.7 Å². The minimum absolute atomic E-state index is 0.0158. The first kappa shape index (κ1) is 24.6. The van der Waals surface area contributed by atoms with E-state index in [-0.39, 0.29) is 23.3 Å². The Bertz CT molecular complexity index is 1380. The second kappa shape index (κ2) is 10.1. The quantitative estimate of drug-likeness (QED) is 0.235. The Morgan fingerprint density at radius 3 is 2.44 bits per heavy atom. The monoisotopic (exact) mass is 611 g/mol. The standard InChI is InChI=1S/C26H23Br2N5O3/c1-2-31-15-22(33(35)36)24(29-31)26(34)32-25(17-8-12-20(28)13-9-17)21-5-3-4-18(23(21)30-32)14-16-6-10-19(27)11-7-16/h6-15,21,25H,2-5H2,1H3/b18-14-/t21-,25-/m0/s1. The maximum Gasteiger partial charge on any atom is 0.320 e. The Labute approximate surface area is 225 Å². The molecule has 2 aliphatic rings. The SMILES string of the molecule is CCn1cc([N+](=O)[O-])c(C(=O)N2N=C3/C(=C\c4ccc(Br)cc4)CCC[C@@H]3[C@@H]2c2ccc(Br)cc2)n1. The van der Waals surface area contributed by atoms with E-state index in [4.69, 9.17) is 5.10 Å². The van der Waals surface area contributed by atoms with Gasteiger partial charge in [-0.15, -0.1) is 0 Å². The maximum atomic E-state index is 13.8. The molecule has 0 unspecified atom stereocenters. The minimum Gasteiger partial charge on any atom is -0.265 e. The molecule has 0 spiro atoms. The highest BCUT2D eigenvalue weighted by atomic mass is 79.9. The highest BCUT2D eigenvalue weighted by molar-refractivity contribution is 9.10. The molecule has 0 saturated heterocycles. The van der Waals surface area contributed by atoms with Crippen molar-refractivity contribution in [2.45, 2.75) is 38.8 Å². The van der Waals surface area contributed by atoms with E-state index in [1.54, 1.807) is 0 Å². The largest absolute Gasteiger partial charge is 0.320 e. The van der Waals surface area contributed by atoms with Gasteiger partial charge in [0.1, 0.15) is 6.20 Å². The Balaban J connectivity index is 1.60. The van der Waals surface area contributed by atoms with Crippen molar-refractivity contribution >= 4 is 55.2 Å². The highest BCUT2D eigenvalue weighted by Crippen LogP contribution is 2.45. The Morgan fingerprint density at radius 1 is 1.14 bits per heavy atom. The molecule has 5 rings (SSSR count). The first-order chi connectivity index (χ1) is 17.4. The molecule has 1 fully saturated rings. The van der Waals surface area contributed by atoms with Crippen LogP contribution in [-0.4, -0.2) is 31.3 Å². The fourth-order valence-electron chi connectivity index (χ4n) is 4.89. The van der Waals surface area contributed by atoms with Gasteiger partial charge in [-0.05, 0) is 73.2 Å². The molecular weight excluding hydrogens is 590 g/mol. The third-order valence-electron chi connectivity index (χ3n) is 6.60. The second-order valence-electron chi connectivity index (χ2n) is 8.83. The van der Waals surface area contributed by atoms with Crippen molar-refractivity contribution in [1.82, 2.24) is 14.8 Å². The van der Waals surface area contributed by atoms with E-state index in [0.717, 1.165) is 50.6 Å². The Hall–Kier alpha value is -3.11. The number of amides is 1. The van der Waals surface area contributed by atoms with Gasteiger partial charge in [-0.3, -0.25) is 19.6 Å². The number of nitrogens with zero attached hydrogens (tertiary/aromatic N) is 5. The third-order valence-corrected chi connectivity index (χ3v) is 7.66. The van der Waals surface area contributed by atoms with E-state index < -0.39 is 10.8 Å². The van der Waals surface area contributed by atoms with Crippen molar-refractivity contribution in [1.29, 1.82) is 0 Å². The molecule has 0 radical (unpaired) electrons. The molecule has 1 aromatic heterocycles. The minimum atomic E-state index is -0.563. The summed E-state index contributed by atoms with van der Waals surface area (Å²) >= 11 is 6.96. The zero-order chi connectivity index (χ0) is 25.4. The lowest BCUT2D eigenvalue weighted by Crippen LogP contribution is -2.32. The smallest absolute Gasteiger partial charge is 0.265 e. The number of halogens is 2. The van der Waals surface area contributed by atoms with Gasteiger partial charge >= 0.3 is 11.6 Å². The number of benzene rings is 2. The van der Waals surface area contributed by atoms with Gasteiger partial charge in [-0.2, -0.15) is 10.2 Å². The predicted molar refractivity (Wildman–Crippen MR) is 145 cm³/mol. The van der Waals surface area contributed by atoms with Crippen LogP contribution in [0.4, 0.5) is 5.69 Å². The summed E-state index contributed by atoms with van der Waals surface area (Å²) in [5.74, 6) is -0.579. The molecule has 3 aromatic rings. The van der Waals surface area contributed by atoms with Crippen LogP contribution in [-0.2, 0) is 6.54 Å². The molecule has 2 heterocycles. The average Bonchev–Trinajstić information content (AvgIpc) is 3.49. The van der Waals surface area contributed by atoms with Crippen LogP contribution < -0.4 is 0 Å². The van der Waals surface area contributed by atoms with Crippen molar-refractivity contribution in [2.24, 2.45) is 11.0 Å². The fourth-order valence-corrected chi connectivity index (χ4v) is 5.42. The average molecular weight is 613 g/mol. The van der Waals surface area contributed by atoms with Gasteiger partial charge in [-0.25, -0.2) is 5.01 Å². The van der Waals surface area contributed by atoms with E-state index in [1.165, 1.54) is 15.9 Å². The van der Waals surface area contributed by atoms with E-state index in [0.29, 0.717) is 6.54 Å². The Kier molecular flexibility index (Phi) is 6.90. The zero-order valence-corrected chi connectivity index (χ0v) is 22.6. The third kappa shape index (κ3) is 4.67. The number of hydrogen-bond acceptors (Lipinski definition) is 5. The Morgan fingerprint density at radius 2 is 1.81 bits per heavy atom. The maximum absolute atomic E-state index is 13.8. The number of carbonyl (C=O) groups excluding carboxylic acids is 1. The molecule has 36 heavy (non-hydrogen) atoms. The van der Waals surface area contributed by atoms with E-state index in [2.05, 4.69) is 43.0 Å². The number of allylic oxidation sites excluding steroid dienone is 1. The number of hydrazone groups is 1. The number of aromatic nitrogens is 2. The van der Waals surface area contributed by atoms with Crippen molar-refractivity contribution in [3.63, 3.8) is 0 Å². The molecule has 1 saturated carbocycles. The summed E-state index contributed by atoms with van der Waals surface area (Å²) in [5.41, 5.74) is 3.43. The van der Waals surface area contributed by atoms with Crippen LogP contribution >= 0.6 is 31.9 Å². The molecule has 1 aliphatic heterocycles. The predicted octanol–water partition coefficient (Wildman–Crippen LogP) is 6.77. The van der Waals surface area contributed by atoms with Crippen LogP contribution in [0, 0.1) is 16.0 Å². The summed E-state index contributed by atoms with van der Waals surface area (Å²) in [6.45, 7) is 2.24. The summed E-state index contributed by atoms with van der Waals surface area (Å²) in [5, 5.41) is 22.2. The second-order valence-corrected chi connectivity index (χ2v) is 10.7. The van der Waals surface area contributed by atoms with Crippen molar-refractivity contribution < 1.29 is 9.72 Å². The summed E-state index contributed by atoms with van der Waals surface area (Å²) in [7, 11) is 0. The number of rotatable bonds is 5. The van der Waals surface area contributed by atoms with E-state index >= 15 is 0 Å². The molecule has 1 aliphatic carbocycles. The summed E-state index contributed by atoms with van der Waals surface area (Å²) in [4.78, 5) is 25.0. The number of aryl methyl sites for hydroxylation is 1. The van der Waals surface area contributed by atoms with Crippen LogP contribution in [0.3, 0.4) is 0 Å². The van der Waals surface area contributed by atoms with E-state index in [1.807, 2.05) is 55.5 Å². The van der Waals surface area contributed by atoms with Crippen LogP contribution in [0.1, 0.15) is 53.8 Å².